The van der Waals surface area contributed by atoms with Gasteiger partial charge in [0.25, 0.3) is 0 Å². The molecule has 0 bridgehead atoms. The molecule has 3 rings (SSSR count). The van der Waals surface area contributed by atoms with Gasteiger partial charge in [0.15, 0.2) is 0 Å². The summed E-state index contributed by atoms with van der Waals surface area (Å²) in [6, 6.07) is 9.45. The lowest BCUT2D eigenvalue weighted by Crippen LogP contribution is -2.46. The van der Waals surface area contributed by atoms with Gasteiger partial charge in [-0.3, -0.25) is 9.59 Å². The molecule has 1 aromatic heterocycles. The minimum absolute atomic E-state index is 0.105. The molecule has 7 heteroatoms. The number of benzene rings is 1. The van der Waals surface area contributed by atoms with Gasteiger partial charge in [-0.15, -0.1) is 0 Å². The fraction of sp³-hybridized carbons (Fsp3) is 0.353. The van der Waals surface area contributed by atoms with Gasteiger partial charge >= 0.3 is 5.97 Å². The molecule has 1 aliphatic heterocycles. The van der Waals surface area contributed by atoms with E-state index in [0.29, 0.717) is 24.7 Å². The average molecular weight is 330 g/mol. The molecule has 0 radical (unpaired) electrons. The molecule has 1 N–H and O–H groups in total. The molecular formula is C17H18N2O5. The van der Waals surface area contributed by atoms with Gasteiger partial charge in [-0.25, -0.2) is 4.98 Å². The fourth-order valence-electron chi connectivity index (χ4n) is 2.63. The van der Waals surface area contributed by atoms with Crippen LogP contribution in [0.5, 0.6) is 0 Å². The number of carbonyl (C=O) groups is 2. The van der Waals surface area contributed by atoms with Crippen molar-refractivity contribution in [2.24, 2.45) is 0 Å². The molecule has 1 saturated heterocycles. The molecule has 1 amide bonds. The average Bonchev–Trinajstić information content (AvgIpc) is 3.04. The monoisotopic (exact) mass is 330 g/mol. The number of hydrogen-bond acceptors (Lipinski definition) is 5. The molecule has 0 unspecified atom stereocenters. The number of hydrogen-bond donors (Lipinski definition) is 1. The Morgan fingerprint density at radius 1 is 1.29 bits per heavy atom. The Balaban J connectivity index is 1.61. The predicted octanol–water partition coefficient (Wildman–Crippen LogP) is 1.59. The van der Waals surface area contributed by atoms with E-state index in [9.17, 15) is 9.59 Å². The first-order valence-corrected chi connectivity index (χ1v) is 7.73. The van der Waals surface area contributed by atoms with E-state index in [1.54, 1.807) is 4.90 Å². The van der Waals surface area contributed by atoms with E-state index >= 15 is 0 Å². The van der Waals surface area contributed by atoms with Crippen LogP contribution < -0.4 is 0 Å². The topological polar surface area (TPSA) is 92.9 Å². The number of carboxylic acid groups (broad SMARTS) is 1. The molecule has 0 spiro atoms. The number of carbonyl (C=O) groups excluding carboxylic acids is 1. The predicted molar refractivity (Wildman–Crippen MR) is 84.2 cm³/mol. The Bertz CT molecular complexity index is 713. The first kappa shape index (κ1) is 16.2. The summed E-state index contributed by atoms with van der Waals surface area (Å²) in [6.07, 6.45) is 1.04. The van der Waals surface area contributed by atoms with Crippen molar-refractivity contribution in [1.29, 1.82) is 0 Å². The van der Waals surface area contributed by atoms with Crippen molar-refractivity contribution >= 4 is 11.9 Å². The maximum atomic E-state index is 12.4. The zero-order valence-corrected chi connectivity index (χ0v) is 13.1. The van der Waals surface area contributed by atoms with Crippen molar-refractivity contribution in [3.05, 3.63) is 42.3 Å². The molecule has 7 nitrogen and oxygen atoms in total. The summed E-state index contributed by atoms with van der Waals surface area (Å²) in [7, 11) is 0. The second-order valence-electron chi connectivity index (χ2n) is 5.62. The summed E-state index contributed by atoms with van der Waals surface area (Å²) in [6.45, 7) is 1.09. The van der Waals surface area contributed by atoms with Crippen LogP contribution in [0.2, 0.25) is 0 Å². The molecule has 2 aromatic rings. The van der Waals surface area contributed by atoms with Crippen LogP contribution in [0.4, 0.5) is 0 Å². The van der Waals surface area contributed by atoms with Crippen molar-refractivity contribution in [2.75, 3.05) is 19.7 Å². The minimum atomic E-state index is -0.932. The lowest BCUT2D eigenvalue weighted by Gasteiger charge is -2.32. The van der Waals surface area contributed by atoms with E-state index in [1.165, 1.54) is 6.26 Å². The summed E-state index contributed by atoms with van der Waals surface area (Å²) in [5.41, 5.74) is 1.41. The zero-order chi connectivity index (χ0) is 16.9. The molecule has 1 aromatic carbocycles. The molecule has 1 aliphatic rings. The summed E-state index contributed by atoms with van der Waals surface area (Å²) in [4.78, 5) is 29.1. The van der Waals surface area contributed by atoms with Gasteiger partial charge < -0.3 is 19.2 Å². The highest BCUT2D eigenvalue weighted by atomic mass is 16.5. The normalized spacial score (nSPS) is 17.7. The van der Waals surface area contributed by atoms with E-state index in [0.717, 1.165) is 5.56 Å². The van der Waals surface area contributed by atoms with E-state index in [-0.39, 0.29) is 25.3 Å². The second kappa shape index (κ2) is 7.27. The second-order valence-corrected chi connectivity index (χ2v) is 5.62. The maximum Gasteiger partial charge on any atom is 0.306 e. The fourth-order valence-corrected chi connectivity index (χ4v) is 2.63. The Morgan fingerprint density at radius 2 is 2.08 bits per heavy atom. The molecule has 126 valence electrons. The van der Waals surface area contributed by atoms with Gasteiger partial charge in [0, 0.05) is 18.7 Å². The lowest BCUT2D eigenvalue weighted by molar-refractivity contribution is -0.147. The highest BCUT2D eigenvalue weighted by molar-refractivity contribution is 5.78. The van der Waals surface area contributed by atoms with Gasteiger partial charge in [0.05, 0.1) is 31.2 Å². The first-order chi connectivity index (χ1) is 11.6. The third-order valence-corrected chi connectivity index (χ3v) is 3.80. The Kier molecular flexibility index (Phi) is 4.90. The standard InChI is InChI=1S/C17H18N2O5/c20-15(19-6-7-23-14(10-19)9-16(21)22)8-13-11-24-17(18-13)12-4-2-1-3-5-12/h1-5,11,14H,6-10H2,(H,21,22)/t14-/m0/s1. The van der Waals surface area contributed by atoms with Crippen LogP contribution in [0.3, 0.4) is 0 Å². The Hall–Kier alpha value is -2.67. The zero-order valence-electron chi connectivity index (χ0n) is 13.1. The third-order valence-electron chi connectivity index (χ3n) is 3.80. The Labute approximate surface area is 138 Å². The number of oxazole rings is 1. The van der Waals surface area contributed by atoms with Gasteiger partial charge in [-0.1, -0.05) is 18.2 Å². The van der Waals surface area contributed by atoms with E-state index in [1.807, 2.05) is 30.3 Å². The van der Waals surface area contributed by atoms with Crippen LogP contribution in [0.1, 0.15) is 12.1 Å². The van der Waals surface area contributed by atoms with Gasteiger partial charge in [0.1, 0.15) is 6.26 Å². The number of ether oxygens (including phenoxy) is 1. The molecule has 1 fully saturated rings. The molecular weight excluding hydrogens is 312 g/mol. The third kappa shape index (κ3) is 3.99. The smallest absolute Gasteiger partial charge is 0.306 e. The molecule has 0 aliphatic carbocycles. The number of morpholine rings is 1. The number of nitrogens with zero attached hydrogens (tertiary/aromatic N) is 2. The van der Waals surface area contributed by atoms with Crippen LogP contribution in [-0.2, 0) is 20.7 Å². The van der Waals surface area contributed by atoms with Crippen molar-refractivity contribution in [1.82, 2.24) is 9.88 Å². The summed E-state index contributed by atoms with van der Waals surface area (Å²) >= 11 is 0. The highest BCUT2D eigenvalue weighted by Crippen LogP contribution is 2.19. The summed E-state index contributed by atoms with van der Waals surface area (Å²) < 4.78 is 10.8. The quantitative estimate of drug-likeness (QED) is 0.895. The van der Waals surface area contributed by atoms with Crippen molar-refractivity contribution in [2.45, 2.75) is 18.9 Å². The van der Waals surface area contributed by atoms with Gasteiger partial charge in [0.2, 0.25) is 11.8 Å². The number of rotatable bonds is 5. The van der Waals surface area contributed by atoms with Crippen molar-refractivity contribution in [3.63, 3.8) is 0 Å². The molecule has 2 heterocycles. The van der Waals surface area contributed by atoms with Crippen molar-refractivity contribution in [3.8, 4) is 11.5 Å². The molecule has 24 heavy (non-hydrogen) atoms. The molecule has 1 atom stereocenters. The van der Waals surface area contributed by atoms with Gasteiger partial charge in [-0.05, 0) is 12.1 Å². The van der Waals surface area contributed by atoms with Crippen LogP contribution in [-0.4, -0.2) is 52.7 Å². The van der Waals surface area contributed by atoms with Gasteiger partial charge in [-0.2, -0.15) is 0 Å². The number of aromatic nitrogens is 1. The Morgan fingerprint density at radius 3 is 2.83 bits per heavy atom. The number of amides is 1. The maximum absolute atomic E-state index is 12.4. The van der Waals surface area contributed by atoms with E-state index < -0.39 is 12.1 Å². The van der Waals surface area contributed by atoms with Crippen LogP contribution >= 0.6 is 0 Å². The molecule has 0 saturated carbocycles. The summed E-state index contributed by atoms with van der Waals surface area (Å²) in [5, 5.41) is 8.83. The van der Waals surface area contributed by atoms with Crippen molar-refractivity contribution < 1.29 is 23.8 Å². The van der Waals surface area contributed by atoms with Crippen LogP contribution in [0.15, 0.2) is 41.0 Å². The first-order valence-electron chi connectivity index (χ1n) is 7.73. The highest BCUT2D eigenvalue weighted by Gasteiger charge is 2.26. The van der Waals surface area contributed by atoms with Crippen LogP contribution in [0.25, 0.3) is 11.5 Å². The largest absolute Gasteiger partial charge is 0.481 e. The minimum Gasteiger partial charge on any atom is -0.481 e. The summed E-state index contributed by atoms with van der Waals surface area (Å²) in [5.74, 6) is -0.566. The van der Waals surface area contributed by atoms with E-state index in [4.69, 9.17) is 14.3 Å². The number of carboxylic acids is 1. The lowest BCUT2D eigenvalue weighted by atomic mass is 10.2. The number of aliphatic carboxylic acids is 1. The van der Waals surface area contributed by atoms with Crippen LogP contribution in [0, 0.1) is 0 Å². The van der Waals surface area contributed by atoms with E-state index in [2.05, 4.69) is 4.98 Å². The SMILES string of the molecule is O=C(O)C[C@H]1CN(C(=O)Cc2coc(-c3ccccc3)n2)CCO1.